The molecule has 2 aromatic heterocycles. The predicted octanol–water partition coefficient (Wildman–Crippen LogP) is 2.74. The first-order valence-electron chi connectivity index (χ1n) is 9.13. The Morgan fingerprint density at radius 3 is 2.72 bits per heavy atom. The highest BCUT2D eigenvalue weighted by Gasteiger charge is 2.21. The minimum atomic E-state index is -0.0374. The molecule has 3 aromatic rings. The Hall–Kier alpha value is -2.11. The van der Waals surface area contributed by atoms with Crippen LogP contribution in [0.2, 0.25) is 0 Å². The molecular formula is C20H26N4O. The second-order valence-corrected chi connectivity index (χ2v) is 7.42. The minimum absolute atomic E-state index is 0.0374. The van der Waals surface area contributed by atoms with Gasteiger partial charge in [0.2, 0.25) is 0 Å². The van der Waals surface area contributed by atoms with Gasteiger partial charge in [0.25, 0.3) is 5.56 Å². The summed E-state index contributed by atoms with van der Waals surface area (Å²) in [7, 11) is 4.35. The highest BCUT2D eigenvalue weighted by molar-refractivity contribution is 5.78. The molecule has 132 valence electrons. The monoisotopic (exact) mass is 338 g/mol. The highest BCUT2D eigenvalue weighted by Crippen LogP contribution is 2.22. The van der Waals surface area contributed by atoms with Crippen LogP contribution in [-0.4, -0.2) is 40.5 Å². The lowest BCUT2D eigenvalue weighted by atomic mass is 9.90. The Labute approximate surface area is 147 Å². The molecule has 25 heavy (non-hydrogen) atoms. The molecule has 1 aliphatic rings. The lowest BCUT2D eigenvalue weighted by Crippen LogP contribution is -2.39. The van der Waals surface area contributed by atoms with E-state index in [4.69, 9.17) is 0 Å². The van der Waals surface area contributed by atoms with E-state index in [-0.39, 0.29) is 5.56 Å². The van der Waals surface area contributed by atoms with Crippen molar-refractivity contribution in [2.24, 2.45) is 0 Å². The van der Waals surface area contributed by atoms with Crippen LogP contribution in [0.1, 0.15) is 31.2 Å². The predicted molar refractivity (Wildman–Crippen MR) is 102 cm³/mol. The van der Waals surface area contributed by atoms with Crippen molar-refractivity contribution in [3.63, 3.8) is 0 Å². The Bertz CT molecular complexity index is 932. The van der Waals surface area contributed by atoms with E-state index in [9.17, 15) is 4.79 Å². The number of H-pyrrole nitrogens is 1. The summed E-state index contributed by atoms with van der Waals surface area (Å²) in [6, 6.07) is 11.4. The van der Waals surface area contributed by atoms with Crippen LogP contribution in [0.3, 0.4) is 0 Å². The number of rotatable bonds is 4. The van der Waals surface area contributed by atoms with Crippen molar-refractivity contribution in [1.82, 2.24) is 19.6 Å². The van der Waals surface area contributed by atoms with Crippen molar-refractivity contribution in [2.45, 2.75) is 44.3 Å². The molecule has 2 heterocycles. The van der Waals surface area contributed by atoms with Gasteiger partial charge in [-0.05, 0) is 69.6 Å². The third-order valence-corrected chi connectivity index (χ3v) is 5.57. The Balaban J connectivity index is 1.47. The maximum absolute atomic E-state index is 12.2. The largest absolute Gasteiger partial charge is 0.319 e. The quantitative estimate of drug-likeness (QED) is 0.769. The fourth-order valence-corrected chi connectivity index (χ4v) is 4.02. The molecule has 1 aliphatic carbocycles. The molecule has 0 aliphatic heterocycles. The molecule has 4 rings (SSSR count). The number of nitrogens with one attached hydrogen (secondary N) is 2. The Morgan fingerprint density at radius 1 is 1.16 bits per heavy atom. The topological polar surface area (TPSA) is 52.5 Å². The van der Waals surface area contributed by atoms with Crippen molar-refractivity contribution in [2.75, 3.05) is 14.1 Å². The van der Waals surface area contributed by atoms with Gasteiger partial charge in [-0.2, -0.15) is 0 Å². The summed E-state index contributed by atoms with van der Waals surface area (Å²) in [5, 5.41) is 3.69. The lowest BCUT2D eigenvalue weighted by molar-refractivity contribution is 0.204. The summed E-state index contributed by atoms with van der Waals surface area (Å²) in [5.41, 5.74) is 3.80. The molecule has 0 bridgehead atoms. The van der Waals surface area contributed by atoms with E-state index < -0.39 is 0 Å². The summed E-state index contributed by atoms with van der Waals surface area (Å²) in [4.78, 5) is 17.5. The van der Waals surface area contributed by atoms with E-state index in [1.807, 2.05) is 22.7 Å². The zero-order valence-corrected chi connectivity index (χ0v) is 15.0. The number of fused-ring (bicyclic) bond motifs is 3. The molecule has 5 nitrogen and oxygen atoms in total. The number of aromatic amines is 1. The van der Waals surface area contributed by atoms with Crippen molar-refractivity contribution in [3.05, 3.63) is 52.4 Å². The SMILES string of the molecule is CN(C)C1CCC(NCc2ccc3c(c2)[nH]c(=O)c2cccn23)CC1. The fourth-order valence-electron chi connectivity index (χ4n) is 4.02. The van der Waals surface area contributed by atoms with Gasteiger partial charge in [0, 0.05) is 24.8 Å². The van der Waals surface area contributed by atoms with Crippen LogP contribution >= 0.6 is 0 Å². The van der Waals surface area contributed by atoms with Gasteiger partial charge in [0.05, 0.1) is 11.0 Å². The molecule has 0 unspecified atom stereocenters. The van der Waals surface area contributed by atoms with E-state index in [1.165, 1.54) is 31.2 Å². The highest BCUT2D eigenvalue weighted by atomic mass is 16.1. The van der Waals surface area contributed by atoms with Gasteiger partial charge >= 0.3 is 0 Å². The summed E-state index contributed by atoms with van der Waals surface area (Å²) >= 11 is 0. The van der Waals surface area contributed by atoms with Crippen LogP contribution in [0.25, 0.3) is 16.6 Å². The van der Waals surface area contributed by atoms with Crippen molar-refractivity contribution in [1.29, 1.82) is 0 Å². The Kier molecular flexibility index (Phi) is 4.36. The van der Waals surface area contributed by atoms with Crippen LogP contribution < -0.4 is 10.9 Å². The smallest absolute Gasteiger partial charge is 0.272 e. The molecule has 5 heteroatoms. The van der Waals surface area contributed by atoms with Gasteiger partial charge in [0.1, 0.15) is 5.52 Å². The van der Waals surface area contributed by atoms with Crippen LogP contribution in [0, 0.1) is 0 Å². The van der Waals surface area contributed by atoms with Gasteiger partial charge in [-0.3, -0.25) is 4.79 Å². The third kappa shape index (κ3) is 3.22. The first kappa shape index (κ1) is 16.4. The van der Waals surface area contributed by atoms with Gasteiger partial charge in [-0.1, -0.05) is 6.07 Å². The average molecular weight is 338 g/mol. The van der Waals surface area contributed by atoms with Gasteiger partial charge in [-0.25, -0.2) is 0 Å². The van der Waals surface area contributed by atoms with E-state index in [1.54, 1.807) is 0 Å². The minimum Gasteiger partial charge on any atom is -0.319 e. The number of aromatic nitrogens is 2. The maximum Gasteiger partial charge on any atom is 0.272 e. The second-order valence-electron chi connectivity index (χ2n) is 7.42. The zero-order valence-electron chi connectivity index (χ0n) is 15.0. The number of benzene rings is 1. The third-order valence-electron chi connectivity index (χ3n) is 5.57. The van der Waals surface area contributed by atoms with E-state index >= 15 is 0 Å². The average Bonchev–Trinajstić information content (AvgIpc) is 3.11. The van der Waals surface area contributed by atoms with E-state index in [0.29, 0.717) is 11.6 Å². The van der Waals surface area contributed by atoms with Crippen LogP contribution in [0.15, 0.2) is 41.3 Å². The normalized spacial score (nSPS) is 21.4. The summed E-state index contributed by atoms with van der Waals surface area (Å²) in [6.45, 7) is 0.846. The van der Waals surface area contributed by atoms with Crippen molar-refractivity contribution in [3.8, 4) is 0 Å². The number of hydrogen-bond acceptors (Lipinski definition) is 3. The molecular weight excluding hydrogens is 312 g/mol. The Morgan fingerprint density at radius 2 is 1.96 bits per heavy atom. The summed E-state index contributed by atoms with van der Waals surface area (Å²) in [6.07, 6.45) is 6.94. The molecule has 2 N–H and O–H groups in total. The molecule has 0 saturated heterocycles. The molecule has 1 fully saturated rings. The molecule has 0 atom stereocenters. The van der Waals surface area contributed by atoms with Gasteiger partial charge < -0.3 is 19.6 Å². The number of hydrogen-bond donors (Lipinski definition) is 2. The summed E-state index contributed by atoms with van der Waals surface area (Å²) in [5.74, 6) is 0. The fraction of sp³-hybridized carbons (Fsp3) is 0.450. The molecule has 0 radical (unpaired) electrons. The lowest BCUT2D eigenvalue weighted by Gasteiger charge is -2.33. The summed E-state index contributed by atoms with van der Waals surface area (Å²) < 4.78 is 1.95. The van der Waals surface area contributed by atoms with Crippen LogP contribution in [0.5, 0.6) is 0 Å². The zero-order chi connectivity index (χ0) is 17.4. The second kappa shape index (κ2) is 6.65. The van der Waals surface area contributed by atoms with Crippen LogP contribution in [0.4, 0.5) is 0 Å². The first-order chi connectivity index (χ1) is 12.1. The molecule has 0 spiro atoms. The number of nitrogens with zero attached hydrogens (tertiary/aromatic N) is 2. The van der Waals surface area contributed by atoms with Gasteiger partial charge in [0.15, 0.2) is 0 Å². The first-order valence-corrected chi connectivity index (χ1v) is 9.13. The molecule has 1 saturated carbocycles. The maximum atomic E-state index is 12.2. The molecule has 0 amide bonds. The standard InChI is InChI=1S/C20H26N4O/c1-23(2)16-8-6-15(7-9-16)21-13-14-5-10-18-17(12-14)22-20(25)19-4-3-11-24(18)19/h3-5,10-12,15-16,21H,6-9,13H2,1-2H3,(H,22,25). The van der Waals surface area contributed by atoms with E-state index in [2.05, 4.69) is 47.5 Å². The van der Waals surface area contributed by atoms with E-state index in [0.717, 1.165) is 23.6 Å². The van der Waals surface area contributed by atoms with Crippen molar-refractivity contribution >= 4 is 16.6 Å². The van der Waals surface area contributed by atoms with Gasteiger partial charge in [-0.15, -0.1) is 0 Å². The van der Waals surface area contributed by atoms with Crippen LogP contribution in [-0.2, 0) is 6.54 Å². The molecule has 1 aromatic carbocycles. The van der Waals surface area contributed by atoms with Crippen molar-refractivity contribution < 1.29 is 0 Å².